The Hall–Kier alpha value is -1.14. The van der Waals surface area contributed by atoms with Crippen molar-refractivity contribution in [2.75, 3.05) is 19.8 Å². The molecule has 1 aliphatic heterocycles. The summed E-state index contributed by atoms with van der Waals surface area (Å²) in [6, 6.07) is 8.48. The topological polar surface area (TPSA) is 68.2 Å². The summed E-state index contributed by atoms with van der Waals surface area (Å²) < 4.78 is 17.3. The van der Waals surface area contributed by atoms with Gasteiger partial charge in [-0.2, -0.15) is 0 Å². The lowest BCUT2D eigenvalue weighted by Gasteiger charge is -2.32. The molecule has 158 valence electrons. The van der Waals surface area contributed by atoms with Crippen molar-refractivity contribution in [3.8, 4) is 5.75 Å². The lowest BCUT2D eigenvalue weighted by Crippen LogP contribution is -2.39. The van der Waals surface area contributed by atoms with Gasteiger partial charge in [-0.25, -0.2) is 0 Å². The molecule has 1 saturated carbocycles. The van der Waals surface area contributed by atoms with E-state index < -0.39 is 12.4 Å². The van der Waals surface area contributed by atoms with Crippen LogP contribution in [0.4, 0.5) is 0 Å². The summed E-state index contributed by atoms with van der Waals surface area (Å²) in [5.41, 5.74) is 1.31. The van der Waals surface area contributed by atoms with Crippen molar-refractivity contribution in [3.63, 3.8) is 0 Å². The van der Waals surface area contributed by atoms with Crippen LogP contribution >= 0.6 is 0 Å². The van der Waals surface area contributed by atoms with Crippen LogP contribution < -0.4 is 4.74 Å². The monoisotopic (exact) mass is 392 g/mol. The van der Waals surface area contributed by atoms with E-state index in [1.54, 1.807) is 0 Å². The molecule has 0 amide bonds. The maximum atomic E-state index is 9.79. The first kappa shape index (κ1) is 21.6. The molecule has 1 saturated heterocycles. The zero-order valence-electron chi connectivity index (χ0n) is 16.9. The van der Waals surface area contributed by atoms with E-state index in [2.05, 4.69) is 24.3 Å². The zero-order valence-corrected chi connectivity index (χ0v) is 16.9. The van der Waals surface area contributed by atoms with Crippen molar-refractivity contribution in [3.05, 3.63) is 29.8 Å². The second kappa shape index (κ2) is 11.8. The number of aryl methyl sites for hydroxylation is 1. The molecule has 0 spiro atoms. The van der Waals surface area contributed by atoms with Gasteiger partial charge in [0.05, 0.1) is 25.4 Å². The van der Waals surface area contributed by atoms with Crippen molar-refractivity contribution in [2.24, 2.45) is 5.92 Å². The summed E-state index contributed by atoms with van der Waals surface area (Å²) in [6.45, 7) is 1.39. The second-order valence-corrected chi connectivity index (χ2v) is 8.28. The average Bonchev–Trinajstić information content (AvgIpc) is 2.73. The molecule has 3 rings (SSSR count). The summed E-state index contributed by atoms with van der Waals surface area (Å²) in [5, 5.41) is 19.0. The molecule has 0 bridgehead atoms. The molecule has 2 aliphatic rings. The number of rotatable bonds is 10. The molecule has 3 atom stereocenters. The predicted octanol–water partition coefficient (Wildman–Crippen LogP) is 3.84. The van der Waals surface area contributed by atoms with Crippen LogP contribution in [0.5, 0.6) is 5.75 Å². The van der Waals surface area contributed by atoms with Gasteiger partial charge in [-0.05, 0) is 55.7 Å². The fraction of sp³-hybridized carbons (Fsp3) is 0.739. The Morgan fingerprint density at radius 3 is 2.54 bits per heavy atom. The third-order valence-electron chi connectivity index (χ3n) is 5.84. The quantitative estimate of drug-likeness (QED) is 0.592. The summed E-state index contributed by atoms with van der Waals surface area (Å²) in [4.78, 5) is 0. The van der Waals surface area contributed by atoms with Crippen molar-refractivity contribution in [2.45, 2.75) is 82.7 Å². The fourth-order valence-electron chi connectivity index (χ4n) is 4.14. The minimum atomic E-state index is -0.449. The number of hydrogen-bond acceptors (Lipinski definition) is 5. The standard InChI is InChI=1S/C23H36O5/c24-16-22-14-20(25)15-23(28-22)26-13-5-4-6-18-9-11-21(12-10-18)27-17-19-7-2-1-3-8-19/h9-12,19-20,22-25H,1-8,13-17H2. The van der Waals surface area contributed by atoms with Gasteiger partial charge in [-0.3, -0.25) is 0 Å². The molecular weight excluding hydrogens is 356 g/mol. The van der Waals surface area contributed by atoms with Crippen LogP contribution in [0, 0.1) is 5.92 Å². The van der Waals surface area contributed by atoms with Gasteiger partial charge >= 0.3 is 0 Å². The fourth-order valence-corrected chi connectivity index (χ4v) is 4.14. The van der Waals surface area contributed by atoms with Gasteiger partial charge in [0.2, 0.25) is 0 Å². The molecule has 3 unspecified atom stereocenters. The van der Waals surface area contributed by atoms with E-state index in [1.807, 2.05) is 0 Å². The number of hydrogen-bond donors (Lipinski definition) is 2. The maximum Gasteiger partial charge on any atom is 0.160 e. The lowest BCUT2D eigenvalue weighted by molar-refractivity contribution is -0.221. The Kier molecular flexibility index (Phi) is 9.06. The van der Waals surface area contributed by atoms with Gasteiger partial charge in [0.15, 0.2) is 6.29 Å². The second-order valence-electron chi connectivity index (χ2n) is 8.28. The molecule has 5 nitrogen and oxygen atoms in total. The van der Waals surface area contributed by atoms with E-state index in [-0.39, 0.29) is 12.7 Å². The highest BCUT2D eigenvalue weighted by Crippen LogP contribution is 2.25. The van der Waals surface area contributed by atoms with Gasteiger partial charge in [0.1, 0.15) is 5.75 Å². The molecular formula is C23H36O5. The van der Waals surface area contributed by atoms with Crippen LogP contribution in [-0.4, -0.2) is 48.5 Å². The minimum Gasteiger partial charge on any atom is -0.493 e. The Morgan fingerprint density at radius 2 is 1.79 bits per heavy atom. The van der Waals surface area contributed by atoms with Crippen LogP contribution in [0.1, 0.15) is 63.4 Å². The van der Waals surface area contributed by atoms with E-state index >= 15 is 0 Å². The maximum absolute atomic E-state index is 9.79. The van der Waals surface area contributed by atoms with Crippen molar-refractivity contribution in [1.29, 1.82) is 0 Å². The van der Waals surface area contributed by atoms with E-state index in [0.717, 1.165) is 37.5 Å². The minimum absolute atomic E-state index is 0.0721. The van der Waals surface area contributed by atoms with Gasteiger partial charge < -0.3 is 24.4 Å². The largest absolute Gasteiger partial charge is 0.493 e. The van der Waals surface area contributed by atoms with Crippen LogP contribution in [0.2, 0.25) is 0 Å². The molecule has 1 aromatic rings. The van der Waals surface area contributed by atoms with Gasteiger partial charge in [-0.1, -0.05) is 31.4 Å². The molecule has 1 aliphatic carbocycles. The first-order chi connectivity index (χ1) is 13.7. The van der Waals surface area contributed by atoms with Gasteiger partial charge in [0, 0.05) is 19.4 Å². The Labute approximate surface area is 169 Å². The highest BCUT2D eigenvalue weighted by molar-refractivity contribution is 5.27. The van der Waals surface area contributed by atoms with Crippen LogP contribution in [0.25, 0.3) is 0 Å². The molecule has 1 heterocycles. The SMILES string of the molecule is OCC1CC(O)CC(OCCCCc2ccc(OCC3CCCCC3)cc2)O1. The van der Waals surface area contributed by atoms with E-state index in [0.29, 0.717) is 19.4 Å². The van der Waals surface area contributed by atoms with Crippen LogP contribution in [-0.2, 0) is 15.9 Å². The molecule has 5 heteroatoms. The summed E-state index contributed by atoms with van der Waals surface area (Å²) >= 11 is 0. The van der Waals surface area contributed by atoms with E-state index in [4.69, 9.17) is 14.2 Å². The van der Waals surface area contributed by atoms with Crippen molar-refractivity contribution in [1.82, 2.24) is 0 Å². The molecule has 0 aromatic heterocycles. The number of ether oxygens (including phenoxy) is 3. The van der Waals surface area contributed by atoms with Crippen molar-refractivity contribution >= 4 is 0 Å². The molecule has 0 radical (unpaired) electrons. The predicted molar refractivity (Wildman–Crippen MR) is 108 cm³/mol. The molecule has 2 fully saturated rings. The molecule has 28 heavy (non-hydrogen) atoms. The highest BCUT2D eigenvalue weighted by atomic mass is 16.7. The summed E-state index contributed by atoms with van der Waals surface area (Å²) in [5.74, 6) is 1.71. The number of benzene rings is 1. The number of aliphatic hydroxyl groups is 2. The highest BCUT2D eigenvalue weighted by Gasteiger charge is 2.28. The Morgan fingerprint density at radius 1 is 1.00 bits per heavy atom. The third kappa shape index (κ3) is 7.36. The Bertz CT molecular complexity index is 540. The average molecular weight is 393 g/mol. The normalized spacial score (nSPS) is 26.3. The van der Waals surface area contributed by atoms with E-state index in [9.17, 15) is 10.2 Å². The van der Waals surface area contributed by atoms with Crippen molar-refractivity contribution < 1.29 is 24.4 Å². The van der Waals surface area contributed by atoms with E-state index in [1.165, 1.54) is 37.7 Å². The van der Waals surface area contributed by atoms with Crippen LogP contribution in [0.15, 0.2) is 24.3 Å². The number of unbranched alkanes of at least 4 members (excludes halogenated alkanes) is 1. The molecule has 1 aromatic carbocycles. The summed E-state index contributed by atoms with van der Waals surface area (Å²) in [7, 11) is 0. The first-order valence-electron chi connectivity index (χ1n) is 11.0. The third-order valence-corrected chi connectivity index (χ3v) is 5.84. The van der Waals surface area contributed by atoms with Gasteiger partial charge in [-0.15, -0.1) is 0 Å². The molecule has 2 N–H and O–H groups in total. The van der Waals surface area contributed by atoms with Crippen LogP contribution in [0.3, 0.4) is 0 Å². The number of aliphatic hydroxyl groups excluding tert-OH is 2. The van der Waals surface area contributed by atoms with Gasteiger partial charge in [0.25, 0.3) is 0 Å². The first-order valence-corrected chi connectivity index (χ1v) is 11.0. The lowest BCUT2D eigenvalue weighted by atomic mass is 9.90. The Balaban J connectivity index is 1.27. The summed E-state index contributed by atoms with van der Waals surface area (Å²) in [6.07, 6.45) is 9.52. The zero-order chi connectivity index (χ0) is 19.6. The smallest absolute Gasteiger partial charge is 0.160 e.